The highest BCUT2D eigenvalue weighted by Gasteiger charge is 2.32. The van der Waals surface area contributed by atoms with Gasteiger partial charge in [-0.3, -0.25) is 14.5 Å². The number of hydrogen-bond acceptors (Lipinski definition) is 4. The van der Waals surface area contributed by atoms with Gasteiger partial charge in [0, 0.05) is 5.69 Å². The number of para-hydroxylation sites is 2. The Balaban J connectivity index is 1.78. The standard InChI is InChI=1S/C18H18N2O4/c1-12(18(22)19-13-7-9-14(23-2)10-8-13)20-15-5-3-4-6-16(15)24-11-17(20)21/h3-10,12H,11H2,1-2H3,(H,19,22). The molecule has 0 spiro atoms. The molecule has 2 amide bonds. The summed E-state index contributed by atoms with van der Waals surface area (Å²) < 4.78 is 10.5. The molecule has 1 heterocycles. The van der Waals surface area contributed by atoms with Crippen molar-refractivity contribution in [3.8, 4) is 11.5 Å². The lowest BCUT2D eigenvalue weighted by Gasteiger charge is -2.33. The Kier molecular flexibility index (Phi) is 4.37. The van der Waals surface area contributed by atoms with Crippen LogP contribution >= 0.6 is 0 Å². The third-order valence-corrected chi connectivity index (χ3v) is 3.87. The average molecular weight is 326 g/mol. The maximum absolute atomic E-state index is 12.5. The molecule has 124 valence electrons. The lowest BCUT2D eigenvalue weighted by atomic mass is 10.1. The lowest BCUT2D eigenvalue weighted by molar-refractivity contribution is -0.125. The minimum absolute atomic E-state index is 0.0723. The van der Waals surface area contributed by atoms with Gasteiger partial charge in [0.25, 0.3) is 5.91 Å². The van der Waals surface area contributed by atoms with Gasteiger partial charge in [-0.15, -0.1) is 0 Å². The van der Waals surface area contributed by atoms with E-state index in [1.54, 1.807) is 50.4 Å². The Hall–Kier alpha value is -3.02. The molecular formula is C18H18N2O4. The number of nitrogens with one attached hydrogen (secondary N) is 1. The SMILES string of the molecule is COc1ccc(NC(=O)C(C)N2C(=O)COc3ccccc32)cc1. The Morgan fingerprint density at radius 2 is 1.92 bits per heavy atom. The number of ether oxygens (including phenoxy) is 2. The van der Waals surface area contributed by atoms with Gasteiger partial charge < -0.3 is 14.8 Å². The molecule has 3 rings (SSSR count). The molecule has 24 heavy (non-hydrogen) atoms. The number of rotatable bonds is 4. The first kappa shape index (κ1) is 15.9. The fraction of sp³-hybridized carbons (Fsp3) is 0.222. The summed E-state index contributed by atoms with van der Waals surface area (Å²) in [6, 6.07) is 13.5. The lowest BCUT2D eigenvalue weighted by Crippen LogP contribution is -2.49. The predicted molar refractivity (Wildman–Crippen MR) is 90.5 cm³/mol. The second kappa shape index (κ2) is 6.62. The molecule has 0 bridgehead atoms. The van der Waals surface area contributed by atoms with Crippen molar-refractivity contribution in [3.05, 3.63) is 48.5 Å². The first-order valence-corrected chi connectivity index (χ1v) is 7.59. The quantitative estimate of drug-likeness (QED) is 0.937. The predicted octanol–water partition coefficient (Wildman–Crippen LogP) is 2.45. The van der Waals surface area contributed by atoms with Crippen molar-refractivity contribution >= 4 is 23.2 Å². The maximum atomic E-state index is 12.5. The number of carbonyl (C=O) groups excluding carboxylic acids is 2. The second-order valence-electron chi connectivity index (χ2n) is 5.41. The van der Waals surface area contributed by atoms with Crippen molar-refractivity contribution in [1.82, 2.24) is 0 Å². The molecule has 6 heteroatoms. The van der Waals surface area contributed by atoms with E-state index in [2.05, 4.69) is 5.32 Å². The number of hydrogen-bond donors (Lipinski definition) is 1. The van der Waals surface area contributed by atoms with Crippen LogP contribution in [0.25, 0.3) is 0 Å². The van der Waals surface area contributed by atoms with Crippen LogP contribution in [0.4, 0.5) is 11.4 Å². The minimum atomic E-state index is -0.662. The van der Waals surface area contributed by atoms with Crippen LogP contribution in [0.5, 0.6) is 11.5 Å². The van der Waals surface area contributed by atoms with E-state index in [1.165, 1.54) is 4.90 Å². The fourth-order valence-electron chi connectivity index (χ4n) is 2.58. The van der Waals surface area contributed by atoms with E-state index in [-0.39, 0.29) is 18.4 Å². The van der Waals surface area contributed by atoms with Gasteiger partial charge >= 0.3 is 0 Å². The summed E-state index contributed by atoms with van der Waals surface area (Å²) in [7, 11) is 1.58. The van der Waals surface area contributed by atoms with Gasteiger partial charge in [-0.25, -0.2) is 0 Å². The first-order chi connectivity index (χ1) is 11.6. The van der Waals surface area contributed by atoms with Gasteiger partial charge in [0.2, 0.25) is 5.91 Å². The normalized spacial score (nSPS) is 14.4. The highest BCUT2D eigenvalue weighted by atomic mass is 16.5. The summed E-state index contributed by atoms with van der Waals surface area (Å²) in [5.74, 6) is 0.788. The summed E-state index contributed by atoms with van der Waals surface area (Å²) >= 11 is 0. The number of anilines is 2. The van der Waals surface area contributed by atoms with Gasteiger partial charge in [0.1, 0.15) is 17.5 Å². The zero-order valence-corrected chi connectivity index (χ0v) is 13.5. The number of carbonyl (C=O) groups is 2. The van der Waals surface area contributed by atoms with Crippen LogP contribution in [-0.4, -0.2) is 31.6 Å². The molecule has 1 aliphatic rings. The molecule has 0 aliphatic carbocycles. The third kappa shape index (κ3) is 3.03. The fourth-order valence-corrected chi connectivity index (χ4v) is 2.58. The van der Waals surface area contributed by atoms with Gasteiger partial charge in [0.15, 0.2) is 6.61 Å². The third-order valence-electron chi connectivity index (χ3n) is 3.87. The minimum Gasteiger partial charge on any atom is -0.497 e. The van der Waals surface area contributed by atoms with Gasteiger partial charge in [-0.2, -0.15) is 0 Å². The summed E-state index contributed by atoms with van der Waals surface area (Å²) in [5.41, 5.74) is 1.24. The molecule has 1 unspecified atom stereocenters. The molecule has 6 nitrogen and oxygen atoms in total. The molecule has 0 saturated heterocycles. The Morgan fingerprint density at radius 1 is 1.21 bits per heavy atom. The zero-order valence-electron chi connectivity index (χ0n) is 13.5. The number of amides is 2. The molecule has 2 aromatic carbocycles. The van der Waals surface area contributed by atoms with Crippen molar-refractivity contribution in [3.63, 3.8) is 0 Å². The highest BCUT2D eigenvalue weighted by Crippen LogP contribution is 2.33. The molecular weight excluding hydrogens is 308 g/mol. The average Bonchev–Trinajstić information content (AvgIpc) is 2.61. The van der Waals surface area contributed by atoms with E-state index in [4.69, 9.17) is 9.47 Å². The Morgan fingerprint density at radius 3 is 2.62 bits per heavy atom. The van der Waals surface area contributed by atoms with Crippen LogP contribution in [-0.2, 0) is 9.59 Å². The number of nitrogens with zero attached hydrogens (tertiary/aromatic N) is 1. The van der Waals surface area contributed by atoms with E-state index in [0.29, 0.717) is 22.9 Å². The highest BCUT2D eigenvalue weighted by molar-refractivity contribution is 6.06. The van der Waals surface area contributed by atoms with Gasteiger partial charge in [0.05, 0.1) is 12.8 Å². The second-order valence-corrected chi connectivity index (χ2v) is 5.41. The summed E-state index contributed by atoms with van der Waals surface area (Å²) in [6.45, 7) is 1.62. The van der Waals surface area contributed by atoms with E-state index >= 15 is 0 Å². The molecule has 1 atom stereocenters. The largest absolute Gasteiger partial charge is 0.497 e. The molecule has 0 saturated carbocycles. The van der Waals surface area contributed by atoms with Crippen molar-refractivity contribution in [1.29, 1.82) is 0 Å². The van der Waals surface area contributed by atoms with Crippen LogP contribution in [0.1, 0.15) is 6.92 Å². The monoisotopic (exact) mass is 326 g/mol. The summed E-state index contributed by atoms with van der Waals surface area (Å²) in [5, 5.41) is 2.81. The summed E-state index contributed by atoms with van der Waals surface area (Å²) in [4.78, 5) is 26.3. The van der Waals surface area contributed by atoms with Crippen molar-refractivity contribution in [2.45, 2.75) is 13.0 Å². The first-order valence-electron chi connectivity index (χ1n) is 7.59. The number of methoxy groups -OCH3 is 1. The van der Waals surface area contributed by atoms with Gasteiger partial charge in [-0.1, -0.05) is 12.1 Å². The van der Waals surface area contributed by atoms with Crippen LogP contribution in [0.2, 0.25) is 0 Å². The molecule has 1 N–H and O–H groups in total. The number of benzene rings is 2. The Bertz CT molecular complexity index is 758. The maximum Gasteiger partial charge on any atom is 0.265 e. The van der Waals surface area contributed by atoms with E-state index in [9.17, 15) is 9.59 Å². The van der Waals surface area contributed by atoms with Crippen LogP contribution in [0, 0.1) is 0 Å². The van der Waals surface area contributed by atoms with Crippen molar-refractivity contribution in [2.24, 2.45) is 0 Å². The van der Waals surface area contributed by atoms with E-state index in [0.717, 1.165) is 0 Å². The molecule has 2 aromatic rings. The summed E-state index contributed by atoms with van der Waals surface area (Å²) in [6.07, 6.45) is 0. The van der Waals surface area contributed by atoms with E-state index < -0.39 is 6.04 Å². The van der Waals surface area contributed by atoms with Gasteiger partial charge in [-0.05, 0) is 43.3 Å². The smallest absolute Gasteiger partial charge is 0.265 e. The van der Waals surface area contributed by atoms with Crippen LogP contribution < -0.4 is 19.7 Å². The molecule has 0 fully saturated rings. The topological polar surface area (TPSA) is 67.9 Å². The van der Waals surface area contributed by atoms with Crippen molar-refractivity contribution in [2.75, 3.05) is 23.9 Å². The molecule has 0 radical (unpaired) electrons. The molecule has 1 aliphatic heterocycles. The number of fused-ring (bicyclic) bond motifs is 1. The molecule has 0 aromatic heterocycles. The Labute approximate surface area is 140 Å². The van der Waals surface area contributed by atoms with Crippen molar-refractivity contribution < 1.29 is 19.1 Å². The van der Waals surface area contributed by atoms with Crippen LogP contribution in [0.3, 0.4) is 0 Å². The van der Waals surface area contributed by atoms with Crippen LogP contribution in [0.15, 0.2) is 48.5 Å². The zero-order chi connectivity index (χ0) is 17.1. The van der Waals surface area contributed by atoms with E-state index in [1.807, 2.05) is 12.1 Å².